The minimum Gasteiger partial charge on any atom is -0.462 e. The highest BCUT2D eigenvalue weighted by Gasteiger charge is 2.26. The van der Waals surface area contributed by atoms with Crippen molar-refractivity contribution in [3.8, 4) is 0 Å². The van der Waals surface area contributed by atoms with Gasteiger partial charge in [-0.05, 0) is 64.2 Å². The maximum absolute atomic E-state index is 12.5. The summed E-state index contributed by atoms with van der Waals surface area (Å²) in [6.07, 6.45) is 47.9. The number of hydrogen-bond donors (Lipinski definition) is 2. The van der Waals surface area contributed by atoms with Crippen molar-refractivity contribution in [2.75, 3.05) is 26.4 Å². The van der Waals surface area contributed by atoms with Crippen LogP contribution in [0.1, 0.15) is 162 Å². The van der Waals surface area contributed by atoms with Crippen LogP contribution in [-0.2, 0) is 32.7 Å². The molecule has 10 heteroatoms. The van der Waals surface area contributed by atoms with Crippen LogP contribution in [0.25, 0.3) is 0 Å². The zero-order valence-corrected chi connectivity index (χ0v) is 34.8. The van der Waals surface area contributed by atoms with Crippen molar-refractivity contribution < 1.29 is 37.6 Å². The smallest absolute Gasteiger partial charge is 0.462 e. The molecule has 310 valence electrons. The first-order valence-electron chi connectivity index (χ1n) is 20.9. The Morgan fingerprint density at radius 1 is 0.574 bits per heavy atom. The lowest BCUT2D eigenvalue weighted by Gasteiger charge is -2.19. The van der Waals surface area contributed by atoms with E-state index in [-0.39, 0.29) is 32.6 Å². The summed E-state index contributed by atoms with van der Waals surface area (Å²) in [5, 5.41) is 0. The van der Waals surface area contributed by atoms with Gasteiger partial charge in [0.25, 0.3) is 0 Å². The number of carbonyl (C=O) groups excluding carboxylic acids is 2. The van der Waals surface area contributed by atoms with Gasteiger partial charge in [-0.15, -0.1) is 0 Å². The van der Waals surface area contributed by atoms with Gasteiger partial charge in [-0.3, -0.25) is 18.6 Å². The van der Waals surface area contributed by atoms with E-state index in [0.29, 0.717) is 6.42 Å². The topological polar surface area (TPSA) is 134 Å². The van der Waals surface area contributed by atoms with E-state index in [1.807, 2.05) is 18.2 Å². The second-order valence-electron chi connectivity index (χ2n) is 13.5. The summed E-state index contributed by atoms with van der Waals surface area (Å²) in [7, 11) is -4.38. The molecule has 0 aliphatic rings. The molecule has 0 aliphatic heterocycles. The molecule has 0 aromatic rings. The molecule has 2 atom stereocenters. The number of unbranched alkanes of at least 4 members (excludes halogenated alkanes) is 15. The van der Waals surface area contributed by atoms with Crippen LogP contribution in [-0.4, -0.2) is 49.3 Å². The number of carbonyl (C=O) groups is 2. The molecule has 3 N–H and O–H groups in total. The summed E-state index contributed by atoms with van der Waals surface area (Å²) >= 11 is 0. The van der Waals surface area contributed by atoms with Crippen LogP contribution in [0.15, 0.2) is 72.9 Å². The standard InChI is InChI=1S/C44H76NO8P/c1-3-5-7-9-11-13-15-17-18-19-20-21-22-23-25-26-28-30-32-34-36-43(46)50-40-42(41-52-54(48,49)51-39-38-45)53-44(47)37-35-33-31-29-27-24-16-14-12-10-8-6-4-2/h5-8,10-14,16-18,42H,3-4,9,15,19-41,45H2,1-2H3,(H,48,49)/b7-5+,8-6+,12-10+,13-11+,16-14+,18-17+. The molecule has 0 aromatic heterocycles. The minimum absolute atomic E-state index is 0.0456. The van der Waals surface area contributed by atoms with Crippen LogP contribution < -0.4 is 5.73 Å². The third-order valence-electron chi connectivity index (χ3n) is 8.40. The van der Waals surface area contributed by atoms with Gasteiger partial charge in [-0.2, -0.15) is 0 Å². The molecular formula is C44H76NO8P. The third kappa shape index (κ3) is 39.2. The van der Waals surface area contributed by atoms with Gasteiger partial charge >= 0.3 is 19.8 Å². The Labute approximate surface area is 329 Å². The molecule has 0 rings (SSSR count). The fourth-order valence-corrected chi connectivity index (χ4v) is 6.12. The van der Waals surface area contributed by atoms with Gasteiger partial charge < -0.3 is 20.1 Å². The molecule has 0 amide bonds. The highest BCUT2D eigenvalue weighted by Crippen LogP contribution is 2.43. The average Bonchev–Trinajstić information content (AvgIpc) is 3.16. The first kappa shape index (κ1) is 51.5. The van der Waals surface area contributed by atoms with Gasteiger partial charge in [0.05, 0.1) is 13.2 Å². The molecule has 0 radical (unpaired) electrons. The maximum Gasteiger partial charge on any atom is 0.472 e. The summed E-state index contributed by atoms with van der Waals surface area (Å²) in [5.74, 6) is -0.863. The Morgan fingerprint density at radius 2 is 1.06 bits per heavy atom. The molecule has 54 heavy (non-hydrogen) atoms. The molecule has 0 aliphatic carbocycles. The highest BCUT2D eigenvalue weighted by atomic mass is 31.2. The van der Waals surface area contributed by atoms with Crippen molar-refractivity contribution in [3.63, 3.8) is 0 Å². The first-order valence-corrected chi connectivity index (χ1v) is 22.4. The van der Waals surface area contributed by atoms with Crippen molar-refractivity contribution >= 4 is 19.8 Å². The first-order chi connectivity index (χ1) is 26.3. The monoisotopic (exact) mass is 778 g/mol. The number of nitrogens with two attached hydrogens (primary N) is 1. The lowest BCUT2D eigenvalue weighted by molar-refractivity contribution is -0.161. The van der Waals surface area contributed by atoms with E-state index >= 15 is 0 Å². The molecular weight excluding hydrogens is 701 g/mol. The zero-order chi connectivity index (χ0) is 39.6. The maximum atomic E-state index is 12.5. The van der Waals surface area contributed by atoms with E-state index in [1.54, 1.807) is 0 Å². The molecule has 9 nitrogen and oxygen atoms in total. The van der Waals surface area contributed by atoms with E-state index in [2.05, 4.69) is 68.5 Å². The van der Waals surface area contributed by atoms with E-state index in [4.69, 9.17) is 24.3 Å². The van der Waals surface area contributed by atoms with Gasteiger partial charge in [0.15, 0.2) is 6.10 Å². The predicted octanol–water partition coefficient (Wildman–Crippen LogP) is 11.9. The van der Waals surface area contributed by atoms with Crippen LogP contribution in [0.5, 0.6) is 0 Å². The minimum atomic E-state index is -4.38. The van der Waals surface area contributed by atoms with E-state index in [1.165, 1.54) is 38.5 Å². The SMILES string of the molecule is CC/C=C/C=C/C=C/CCCCCCCC(=O)OC(COC(=O)CCCCCCCCCCCC/C=C/C/C=C/C/C=C/CC)COP(=O)(O)OCCN. The van der Waals surface area contributed by atoms with E-state index in [0.717, 1.165) is 89.9 Å². The van der Waals surface area contributed by atoms with Crippen molar-refractivity contribution in [1.29, 1.82) is 0 Å². The summed E-state index contributed by atoms with van der Waals surface area (Å²) in [4.78, 5) is 34.8. The molecule has 0 spiro atoms. The van der Waals surface area contributed by atoms with Crippen LogP contribution in [0.4, 0.5) is 0 Å². The molecule has 0 heterocycles. The van der Waals surface area contributed by atoms with E-state index < -0.39 is 32.5 Å². The quantitative estimate of drug-likeness (QED) is 0.0206. The Balaban J connectivity index is 4.16. The van der Waals surface area contributed by atoms with Gasteiger partial charge in [-0.25, -0.2) is 4.57 Å². The Kier molecular flexibility index (Phi) is 38.2. The average molecular weight is 778 g/mol. The lowest BCUT2D eigenvalue weighted by Crippen LogP contribution is -2.29. The fraction of sp³-hybridized carbons (Fsp3) is 0.682. The third-order valence-corrected chi connectivity index (χ3v) is 9.38. The van der Waals surface area contributed by atoms with Crippen LogP contribution >= 0.6 is 7.82 Å². The van der Waals surface area contributed by atoms with Crippen LogP contribution in [0.3, 0.4) is 0 Å². The molecule has 0 saturated heterocycles. The number of phosphoric ester groups is 1. The van der Waals surface area contributed by atoms with Crippen molar-refractivity contribution in [1.82, 2.24) is 0 Å². The largest absolute Gasteiger partial charge is 0.472 e. The Morgan fingerprint density at radius 3 is 1.63 bits per heavy atom. The normalized spacial score (nSPS) is 14.1. The number of hydrogen-bond acceptors (Lipinski definition) is 8. The number of ether oxygens (including phenoxy) is 2. The van der Waals surface area contributed by atoms with Gasteiger partial charge in [0.2, 0.25) is 0 Å². The molecule has 0 saturated carbocycles. The zero-order valence-electron chi connectivity index (χ0n) is 33.9. The Hall–Kier alpha value is -2.55. The second kappa shape index (κ2) is 40.1. The second-order valence-corrected chi connectivity index (χ2v) is 15.0. The van der Waals surface area contributed by atoms with Gasteiger partial charge in [0, 0.05) is 19.4 Å². The van der Waals surface area contributed by atoms with Crippen molar-refractivity contribution in [2.45, 2.75) is 168 Å². The lowest BCUT2D eigenvalue weighted by atomic mass is 10.1. The molecule has 0 aromatic carbocycles. The summed E-state index contributed by atoms with van der Waals surface area (Å²) in [6.45, 7) is 3.44. The number of esters is 2. The number of allylic oxidation sites excluding steroid dienone is 12. The summed E-state index contributed by atoms with van der Waals surface area (Å²) in [5.41, 5.74) is 5.34. The molecule has 0 bridgehead atoms. The fourth-order valence-electron chi connectivity index (χ4n) is 5.35. The van der Waals surface area contributed by atoms with Gasteiger partial charge in [-0.1, -0.05) is 157 Å². The summed E-state index contributed by atoms with van der Waals surface area (Å²) < 4.78 is 32.7. The van der Waals surface area contributed by atoms with Gasteiger partial charge in [0.1, 0.15) is 6.61 Å². The van der Waals surface area contributed by atoms with Crippen LogP contribution in [0, 0.1) is 0 Å². The van der Waals surface area contributed by atoms with E-state index in [9.17, 15) is 19.0 Å². The van der Waals surface area contributed by atoms with Crippen molar-refractivity contribution in [2.24, 2.45) is 5.73 Å². The van der Waals surface area contributed by atoms with Crippen LogP contribution in [0.2, 0.25) is 0 Å². The Bertz CT molecular complexity index is 1110. The highest BCUT2D eigenvalue weighted by molar-refractivity contribution is 7.47. The predicted molar refractivity (Wildman–Crippen MR) is 224 cm³/mol. The van der Waals surface area contributed by atoms with Crippen molar-refractivity contribution in [3.05, 3.63) is 72.9 Å². The number of phosphoric acid groups is 1. The summed E-state index contributed by atoms with van der Waals surface area (Å²) in [6, 6.07) is 0. The number of rotatable bonds is 38. The molecule has 2 unspecified atom stereocenters. The molecule has 0 fully saturated rings.